The molecule has 0 amide bonds. The number of halogens is 1. The topological polar surface area (TPSA) is 20.2 Å². The molecule has 0 aliphatic heterocycles. The first kappa shape index (κ1) is 15.1. The van der Waals surface area contributed by atoms with Gasteiger partial charge in [-0.2, -0.15) is 0 Å². The van der Waals surface area contributed by atoms with Crippen molar-refractivity contribution in [1.29, 1.82) is 0 Å². The maximum Gasteiger partial charge on any atom is 0.0781 e. The molecule has 2 nitrogen and oxygen atoms in total. The lowest BCUT2D eigenvalue weighted by Gasteiger charge is -2.25. The van der Waals surface area contributed by atoms with E-state index in [0.717, 1.165) is 23.9 Å². The average molecular weight is 287 g/mol. The van der Waals surface area contributed by atoms with Crippen molar-refractivity contribution in [2.24, 2.45) is 0 Å². The third-order valence-corrected chi connectivity index (χ3v) is 1.62. The number of rotatable bonds is 4. The van der Waals surface area contributed by atoms with E-state index in [0.29, 0.717) is 0 Å². The maximum absolute atomic E-state index is 9.41. The zero-order valence-corrected chi connectivity index (χ0v) is 11.1. The summed E-state index contributed by atoms with van der Waals surface area (Å²) in [6.45, 7) is 4.86. The highest BCUT2D eigenvalue weighted by Crippen LogP contribution is 2.11. The summed E-state index contributed by atoms with van der Waals surface area (Å²) in [7, 11) is 6.51. The molecule has 12 heavy (non-hydrogen) atoms. The van der Waals surface area contributed by atoms with Gasteiger partial charge < -0.3 is 33.6 Å². The van der Waals surface area contributed by atoms with E-state index < -0.39 is 5.60 Å². The summed E-state index contributed by atoms with van der Waals surface area (Å²) < 4.78 is 0.982. The van der Waals surface area contributed by atoms with Gasteiger partial charge in [0.05, 0.1) is 33.3 Å². The number of aliphatic hydroxyl groups is 1. The molecule has 1 N–H and O–H groups in total. The second-order valence-electron chi connectivity index (χ2n) is 4.93. The van der Waals surface area contributed by atoms with E-state index in [2.05, 4.69) is 21.1 Å². The van der Waals surface area contributed by atoms with Crippen molar-refractivity contribution in [1.82, 2.24) is 0 Å². The fourth-order valence-corrected chi connectivity index (χ4v) is 0.986. The molecule has 0 bridgehead atoms. The van der Waals surface area contributed by atoms with Gasteiger partial charge in [0, 0.05) is 0 Å². The van der Waals surface area contributed by atoms with Crippen molar-refractivity contribution in [2.45, 2.75) is 32.3 Å². The van der Waals surface area contributed by atoms with Crippen molar-refractivity contribution in [2.75, 3.05) is 27.7 Å². The van der Waals surface area contributed by atoms with Gasteiger partial charge in [-0.05, 0) is 26.7 Å². The van der Waals surface area contributed by atoms with Crippen LogP contribution in [-0.2, 0) is 0 Å². The van der Waals surface area contributed by atoms with Gasteiger partial charge in [0.25, 0.3) is 0 Å². The fourth-order valence-electron chi connectivity index (χ4n) is 0.986. The highest BCUT2D eigenvalue weighted by atomic mass is 127. The van der Waals surface area contributed by atoms with Crippen LogP contribution in [0.15, 0.2) is 0 Å². The lowest BCUT2D eigenvalue weighted by molar-refractivity contribution is -0.870. The van der Waals surface area contributed by atoms with E-state index in [9.17, 15) is 5.11 Å². The Morgan fingerprint density at radius 3 is 1.83 bits per heavy atom. The molecule has 0 unspecified atom stereocenters. The van der Waals surface area contributed by atoms with Crippen LogP contribution >= 0.6 is 0 Å². The predicted molar refractivity (Wildman–Crippen MR) is 48.4 cm³/mol. The van der Waals surface area contributed by atoms with Crippen LogP contribution in [0, 0.1) is 0 Å². The van der Waals surface area contributed by atoms with Crippen molar-refractivity contribution >= 4 is 0 Å². The number of nitrogens with zero attached hydrogens (tertiary/aromatic N) is 1. The van der Waals surface area contributed by atoms with E-state index in [4.69, 9.17) is 0 Å². The summed E-state index contributed by atoms with van der Waals surface area (Å²) in [6, 6.07) is 0. The number of quaternary nitrogens is 1. The lowest BCUT2D eigenvalue weighted by Crippen LogP contribution is -3.00. The molecule has 0 heterocycles. The summed E-state index contributed by atoms with van der Waals surface area (Å²) in [5.74, 6) is 0. The number of hydrogen-bond acceptors (Lipinski definition) is 1. The van der Waals surface area contributed by atoms with Crippen LogP contribution < -0.4 is 24.0 Å². The molecule has 0 aromatic rings. The Kier molecular flexibility index (Phi) is 6.81. The van der Waals surface area contributed by atoms with Gasteiger partial charge >= 0.3 is 0 Å². The molecular weight excluding hydrogens is 265 g/mol. The van der Waals surface area contributed by atoms with Gasteiger partial charge in [0.15, 0.2) is 0 Å². The van der Waals surface area contributed by atoms with Gasteiger partial charge in [-0.3, -0.25) is 0 Å². The smallest absolute Gasteiger partial charge is 0.0781 e. The maximum atomic E-state index is 9.41. The van der Waals surface area contributed by atoms with Gasteiger partial charge in [-0.1, -0.05) is 0 Å². The van der Waals surface area contributed by atoms with E-state index >= 15 is 0 Å². The largest absolute Gasteiger partial charge is 1.00 e. The molecule has 0 rings (SSSR count). The first-order chi connectivity index (χ1) is 4.71. The SMILES string of the molecule is CC(C)(O)CCC[N+](C)(C)C.[I-]. The van der Waals surface area contributed by atoms with Gasteiger partial charge in [0.2, 0.25) is 0 Å². The third kappa shape index (κ3) is 13.3. The van der Waals surface area contributed by atoms with E-state index in [1.54, 1.807) is 0 Å². The van der Waals surface area contributed by atoms with Gasteiger partial charge in [-0.15, -0.1) is 0 Å². The lowest BCUT2D eigenvalue weighted by atomic mass is 10.0. The monoisotopic (exact) mass is 287 g/mol. The Hall–Kier alpha value is 0.650. The second kappa shape index (κ2) is 5.40. The Labute approximate surface area is 93.6 Å². The normalized spacial score (nSPS) is 12.5. The average Bonchev–Trinajstić information content (AvgIpc) is 1.55. The Morgan fingerprint density at radius 1 is 1.17 bits per heavy atom. The fraction of sp³-hybridized carbons (Fsp3) is 1.00. The first-order valence-corrected chi connectivity index (χ1v) is 4.24. The zero-order valence-electron chi connectivity index (χ0n) is 8.89. The summed E-state index contributed by atoms with van der Waals surface area (Å²) >= 11 is 0. The molecule has 0 aliphatic rings. The van der Waals surface area contributed by atoms with Crippen LogP contribution in [0.25, 0.3) is 0 Å². The van der Waals surface area contributed by atoms with Crippen molar-refractivity contribution in [3.63, 3.8) is 0 Å². The Morgan fingerprint density at radius 2 is 1.58 bits per heavy atom. The van der Waals surface area contributed by atoms with Crippen LogP contribution in [-0.4, -0.2) is 42.9 Å². The van der Waals surface area contributed by atoms with Crippen molar-refractivity contribution in [3.8, 4) is 0 Å². The predicted octanol–water partition coefficient (Wildman–Crippen LogP) is -1.75. The van der Waals surface area contributed by atoms with Crippen LogP contribution in [0.4, 0.5) is 0 Å². The summed E-state index contributed by atoms with van der Waals surface area (Å²) in [6.07, 6.45) is 1.98. The van der Waals surface area contributed by atoms with Crippen LogP contribution in [0.5, 0.6) is 0 Å². The summed E-state index contributed by atoms with van der Waals surface area (Å²) in [4.78, 5) is 0. The molecule has 0 saturated carbocycles. The second-order valence-corrected chi connectivity index (χ2v) is 4.93. The summed E-state index contributed by atoms with van der Waals surface area (Å²) in [5.41, 5.74) is -0.491. The summed E-state index contributed by atoms with van der Waals surface area (Å²) in [5, 5.41) is 9.41. The van der Waals surface area contributed by atoms with Crippen LogP contribution in [0.2, 0.25) is 0 Å². The molecule has 0 aliphatic carbocycles. The Balaban J connectivity index is 0. The van der Waals surface area contributed by atoms with Crippen LogP contribution in [0.3, 0.4) is 0 Å². The highest BCUT2D eigenvalue weighted by Gasteiger charge is 2.14. The molecule has 76 valence electrons. The van der Waals surface area contributed by atoms with Gasteiger partial charge in [0.1, 0.15) is 0 Å². The standard InChI is InChI=1S/C9H22NO.HI/c1-9(2,11)7-6-8-10(3,4)5;/h11H,6-8H2,1-5H3;1H/q+1;/p-1. The molecule has 3 heteroatoms. The van der Waals surface area contributed by atoms with E-state index in [1.165, 1.54) is 0 Å². The van der Waals surface area contributed by atoms with Crippen LogP contribution in [0.1, 0.15) is 26.7 Å². The Bertz CT molecular complexity index is 98.7. The highest BCUT2D eigenvalue weighted by molar-refractivity contribution is 4.63. The minimum atomic E-state index is -0.491. The third-order valence-electron chi connectivity index (χ3n) is 1.62. The number of hydrogen-bond donors (Lipinski definition) is 1. The van der Waals surface area contributed by atoms with Crippen molar-refractivity contribution in [3.05, 3.63) is 0 Å². The van der Waals surface area contributed by atoms with E-state index in [-0.39, 0.29) is 24.0 Å². The minimum Gasteiger partial charge on any atom is -1.00 e. The molecular formula is C9H22INO. The molecule has 0 spiro atoms. The molecule has 0 atom stereocenters. The zero-order chi connectivity index (χ0) is 9.12. The molecule has 0 radical (unpaired) electrons. The first-order valence-electron chi connectivity index (χ1n) is 4.24. The van der Waals surface area contributed by atoms with E-state index in [1.807, 2.05) is 13.8 Å². The molecule has 0 aromatic heterocycles. The minimum absolute atomic E-state index is 0. The molecule has 0 fully saturated rings. The molecule has 0 saturated heterocycles. The van der Waals surface area contributed by atoms with Gasteiger partial charge in [-0.25, -0.2) is 0 Å². The molecule has 0 aromatic carbocycles. The quantitative estimate of drug-likeness (QED) is 0.480. The van der Waals surface area contributed by atoms with Crippen molar-refractivity contribution < 1.29 is 33.6 Å².